The molecule has 1 nitrogen and oxygen atoms in total. The molecule has 0 aliphatic carbocycles. The lowest BCUT2D eigenvalue weighted by Crippen LogP contribution is -2.16. The van der Waals surface area contributed by atoms with Crippen molar-refractivity contribution in [1.82, 2.24) is 0 Å². The molecular weight excluding hydrogens is 287 g/mol. The minimum atomic E-state index is -4.31. The van der Waals surface area contributed by atoms with Crippen molar-refractivity contribution < 1.29 is 13.2 Å². The van der Waals surface area contributed by atoms with Gasteiger partial charge in [-0.1, -0.05) is 47.5 Å². The van der Waals surface area contributed by atoms with Crippen LogP contribution >= 0.6 is 0 Å². The van der Waals surface area contributed by atoms with Gasteiger partial charge in [0, 0.05) is 5.92 Å². The molecule has 0 aliphatic heterocycles. The number of aryl methyl sites for hydroxylation is 2. The van der Waals surface area contributed by atoms with Gasteiger partial charge < -0.3 is 5.73 Å². The fourth-order valence-corrected chi connectivity index (χ4v) is 2.74. The Hall–Kier alpha value is -1.81. The van der Waals surface area contributed by atoms with Crippen LogP contribution in [0, 0.1) is 13.8 Å². The summed E-state index contributed by atoms with van der Waals surface area (Å²) in [5.74, 6) is 0.0158. The minimum absolute atomic E-state index is 0.0158. The van der Waals surface area contributed by atoms with Crippen molar-refractivity contribution in [2.24, 2.45) is 5.73 Å². The van der Waals surface area contributed by atoms with Crippen molar-refractivity contribution in [3.63, 3.8) is 0 Å². The van der Waals surface area contributed by atoms with Gasteiger partial charge in [0.15, 0.2) is 0 Å². The van der Waals surface area contributed by atoms with Crippen LogP contribution in [0.15, 0.2) is 42.5 Å². The molecule has 2 N–H and O–H groups in total. The Morgan fingerprint density at radius 3 is 2.18 bits per heavy atom. The van der Waals surface area contributed by atoms with Gasteiger partial charge >= 0.3 is 6.18 Å². The molecule has 2 aromatic rings. The van der Waals surface area contributed by atoms with E-state index in [1.54, 1.807) is 6.07 Å². The standard InChI is InChI=1S/C18H20F3N/c1-12-6-13(2)8-15(7-12)16(11-22)9-14-4-3-5-17(10-14)18(19,20)21/h3-8,10,16H,9,11,22H2,1-2H3. The first-order valence-corrected chi connectivity index (χ1v) is 7.24. The van der Waals surface area contributed by atoms with Crippen molar-refractivity contribution in [2.75, 3.05) is 6.54 Å². The minimum Gasteiger partial charge on any atom is -0.330 e. The average molecular weight is 307 g/mol. The van der Waals surface area contributed by atoms with Gasteiger partial charge in [0.2, 0.25) is 0 Å². The van der Waals surface area contributed by atoms with Gasteiger partial charge in [-0.2, -0.15) is 13.2 Å². The van der Waals surface area contributed by atoms with Crippen LogP contribution in [0.4, 0.5) is 13.2 Å². The van der Waals surface area contributed by atoms with Crippen LogP contribution in [-0.2, 0) is 12.6 Å². The number of benzene rings is 2. The third-order valence-corrected chi connectivity index (χ3v) is 3.74. The lowest BCUT2D eigenvalue weighted by molar-refractivity contribution is -0.137. The lowest BCUT2D eigenvalue weighted by Gasteiger charge is -2.18. The van der Waals surface area contributed by atoms with E-state index in [0.717, 1.165) is 22.8 Å². The second-order valence-electron chi connectivity index (χ2n) is 5.76. The van der Waals surface area contributed by atoms with Crippen LogP contribution < -0.4 is 5.73 Å². The number of alkyl halides is 3. The normalized spacial score (nSPS) is 13.2. The van der Waals surface area contributed by atoms with E-state index < -0.39 is 11.7 Å². The molecule has 4 heteroatoms. The summed E-state index contributed by atoms with van der Waals surface area (Å²) < 4.78 is 38.4. The Morgan fingerprint density at radius 2 is 1.64 bits per heavy atom. The molecule has 118 valence electrons. The molecule has 2 aromatic carbocycles. The number of rotatable bonds is 4. The summed E-state index contributed by atoms with van der Waals surface area (Å²) >= 11 is 0. The molecule has 0 fully saturated rings. The predicted molar refractivity (Wildman–Crippen MR) is 82.9 cm³/mol. The van der Waals surface area contributed by atoms with Gasteiger partial charge in [0.1, 0.15) is 0 Å². The highest BCUT2D eigenvalue weighted by atomic mass is 19.4. The van der Waals surface area contributed by atoms with E-state index in [1.165, 1.54) is 12.1 Å². The molecule has 0 heterocycles. The molecule has 0 spiro atoms. The zero-order valence-corrected chi connectivity index (χ0v) is 12.7. The fraction of sp³-hybridized carbons (Fsp3) is 0.333. The van der Waals surface area contributed by atoms with E-state index in [9.17, 15) is 13.2 Å². The lowest BCUT2D eigenvalue weighted by atomic mass is 9.89. The molecule has 0 saturated carbocycles. The number of hydrogen-bond donors (Lipinski definition) is 1. The monoisotopic (exact) mass is 307 g/mol. The van der Waals surface area contributed by atoms with Gasteiger partial charge in [-0.3, -0.25) is 0 Å². The first-order valence-electron chi connectivity index (χ1n) is 7.24. The van der Waals surface area contributed by atoms with Crippen molar-refractivity contribution in [3.05, 3.63) is 70.3 Å². The molecule has 0 aliphatic rings. The second-order valence-corrected chi connectivity index (χ2v) is 5.76. The topological polar surface area (TPSA) is 26.0 Å². The van der Waals surface area contributed by atoms with Crippen LogP contribution in [0.25, 0.3) is 0 Å². The molecule has 0 radical (unpaired) electrons. The Bertz CT molecular complexity index is 627. The van der Waals surface area contributed by atoms with Crippen LogP contribution in [-0.4, -0.2) is 6.54 Å². The Balaban J connectivity index is 2.27. The maximum Gasteiger partial charge on any atom is 0.416 e. The summed E-state index contributed by atoms with van der Waals surface area (Å²) in [6.07, 6.45) is -3.81. The maximum atomic E-state index is 12.8. The third-order valence-electron chi connectivity index (χ3n) is 3.74. The Kier molecular flexibility index (Phi) is 4.91. The first-order chi connectivity index (χ1) is 10.3. The molecule has 2 rings (SSSR count). The molecule has 22 heavy (non-hydrogen) atoms. The largest absolute Gasteiger partial charge is 0.416 e. The van der Waals surface area contributed by atoms with E-state index in [0.29, 0.717) is 18.5 Å². The van der Waals surface area contributed by atoms with Gasteiger partial charge in [0.25, 0.3) is 0 Å². The van der Waals surface area contributed by atoms with Crippen molar-refractivity contribution in [3.8, 4) is 0 Å². The van der Waals surface area contributed by atoms with Crippen molar-refractivity contribution >= 4 is 0 Å². The molecular formula is C18H20F3N. The molecule has 0 amide bonds. The van der Waals surface area contributed by atoms with Crippen LogP contribution in [0.5, 0.6) is 0 Å². The van der Waals surface area contributed by atoms with E-state index in [-0.39, 0.29) is 5.92 Å². The highest BCUT2D eigenvalue weighted by Crippen LogP contribution is 2.31. The van der Waals surface area contributed by atoms with Crippen molar-refractivity contribution in [2.45, 2.75) is 32.4 Å². The van der Waals surface area contributed by atoms with E-state index in [1.807, 2.05) is 13.8 Å². The quantitative estimate of drug-likeness (QED) is 0.877. The van der Waals surface area contributed by atoms with Crippen molar-refractivity contribution in [1.29, 1.82) is 0 Å². The predicted octanol–water partition coefficient (Wildman–Crippen LogP) is 4.61. The van der Waals surface area contributed by atoms with Gasteiger partial charge in [0.05, 0.1) is 5.56 Å². The van der Waals surface area contributed by atoms with E-state index in [4.69, 9.17) is 5.73 Å². The molecule has 0 aromatic heterocycles. The average Bonchev–Trinajstić information content (AvgIpc) is 2.43. The zero-order chi connectivity index (χ0) is 16.3. The molecule has 0 saturated heterocycles. The highest BCUT2D eigenvalue weighted by Gasteiger charge is 2.30. The summed E-state index contributed by atoms with van der Waals surface area (Å²) in [7, 11) is 0. The summed E-state index contributed by atoms with van der Waals surface area (Å²) in [4.78, 5) is 0. The first kappa shape index (κ1) is 16.6. The van der Waals surface area contributed by atoms with Gasteiger partial charge in [-0.15, -0.1) is 0 Å². The summed E-state index contributed by atoms with van der Waals surface area (Å²) in [6, 6.07) is 11.7. The second kappa shape index (κ2) is 6.53. The molecule has 1 atom stereocenters. The highest BCUT2D eigenvalue weighted by molar-refractivity contribution is 5.33. The Morgan fingerprint density at radius 1 is 1.00 bits per heavy atom. The summed E-state index contributed by atoms with van der Waals surface area (Å²) in [6.45, 7) is 4.42. The maximum absolute atomic E-state index is 12.8. The van der Waals surface area contributed by atoms with Crippen LogP contribution in [0.2, 0.25) is 0 Å². The zero-order valence-electron chi connectivity index (χ0n) is 12.7. The van der Waals surface area contributed by atoms with E-state index >= 15 is 0 Å². The SMILES string of the molecule is Cc1cc(C)cc(C(CN)Cc2cccc(C(F)(F)F)c2)c1. The summed E-state index contributed by atoms with van der Waals surface area (Å²) in [5, 5.41) is 0. The van der Waals surface area contributed by atoms with Gasteiger partial charge in [-0.05, 0) is 44.0 Å². The molecule has 0 bridgehead atoms. The van der Waals surface area contributed by atoms with Crippen LogP contribution in [0.3, 0.4) is 0 Å². The fourth-order valence-electron chi connectivity index (χ4n) is 2.74. The number of hydrogen-bond acceptors (Lipinski definition) is 1. The molecule has 1 unspecified atom stereocenters. The van der Waals surface area contributed by atoms with Gasteiger partial charge in [-0.25, -0.2) is 0 Å². The summed E-state index contributed by atoms with van der Waals surface area (Å²) in [5.41, 5.74) is 9.26. The number of nitrogens with two attached hydrogens (primary N) is 1. The number of halogens is 3. The Labute approximate surface area is 129 Å². The van der Waals surface area contributed by atoms with E-state index in [2.05, 4.69) is 18.2 Å². The smallest absolute Gasteiger partial charge is 0.330 e. The van der Waals surface area contributed by atoms with Crippen LogP contribution in [0.1, 0.15) is 33.7 Å². The third kappa shape index (κ3) is 4.10.